The van der Waals surface area contributed by atoms with E-state index in [9.17, 15) is 13.6 Å². The van der Waals surface area contributed by atoms with E-state index in [0.29, 0.717) is 28.6 Å². The molecule has 4 aromatic rings. The van der Waals surface area contributed by atoms with E-state index in [-0.39, 0.29) is 17.5 Å². The molecule has 2 N–H and O–H groups in total. The van der Waals surface area contributed by atoms with Gasteiger partial charge in [-0.25, -0.2) is 18.7 Å². The SMILES string of the molecule is C[C@@H](Cn1ccc(-c2cc(F)c(C#N)c(F)c2)n1)NC(=O)c1csc(-c2c[nH]cn2)n1. The van der Waals surface area contributed by atoms with Crippen molar-refractivity contribution in [2.75, 3.05) is 0 Å². The molecule has 0 radical (unpaired) electrons. The third-order valence-corrected chi connectivity index (χ3v) is 5.25. The molecular weight excluding hydrogens is 424 g/mol. The Morgan fingerprint density at radius 1 is 1.35 bits per heavy atom. The fourth-order valence-electron chi connectivity index (χ4n) is 2.94. The van der Waals surface area contributed by atoms with Crippen LogP contribution in [0.25, 0.3) is 22.0 Å². The molecule has 8 nitrogen and oxygen atoms in total. The van der Waals surface area contributed by atoms with Crippen LogP contribution in [0, 0.1) is 23.0 Å². The number of H-pyrrole nitrogens is 1. The number of benzene rings is 1. The average Bonchev–Trinajstić information content (AvgIpc) is 3.48. The summed E-state index contributed by atoms with van der Waals surface area (Å²) in [4.78, 5) is 23.7. The molecule has 0 bridgehead atoms. The van der Waals surface area contributed by atoms with Gasteiger partial charge in [0.25, 0.3) is 5.91 Å². The van der Waals surface area contributed by atoms with Crippen LogP contribution >= 0.6 is 11.3 Å². The van der Waals surface area contributed by atoms with Gasteiger partial charge in [0.2, 0.25) is 0 Å². The number of rotatable bonds is 6. The maximum Gasteiger partial charge on any atom is 0.271 e. The van der Waals surface area contributed by atoms with Crippen LogP contribution in [0.4, 0.5) is 8.78 Å². The van der Waals surface area contributed by atoms with Crippen LogP contribution in [0.1, 0.15) is 23.0 Å². The number of nitriles is 1. The van der Waals surface area contributed by atoms with Gasteiger partial charge in [0.05, 0.1) is 18.6 Å². The van der Waals surface area contributed by atoms with Crippen LogP contribution in [-0.4, -0.2) is 36.7 Å². The van der Waals surface area contributed by atoms with E-state index >= 15 is 0 Å². The van der Waals surface area contributed by atoms with Gasteiger partial charge in [-0.2, -0.15) is 10.4 Å². The van der Waals surface area contributed by atoms with Crippen LogP contribution in [0.5, 0.6) is 0 Å². The predicted molar refractivity (Wildman–Crippen MR) is 109 cm³/mol. The normalized spacial score (nSPS) is 11.8. The summed E-state index contributed by atoms with van der Waals surface area (Å²) in [6.45, 7) is 2.14. The van der Waals surface area contributed by atoms with E-state index in [1.807, 2.05) is 0 Å². The van der Waals surface area contributed by atoms with Gasteiger partial charge in [-0.15, -0.1) is 11.3 Å². The van der Waals surface area contributed by atoms with Crippen LogP contribution in [0.2, 0.25) is 0 Å². The van der Waals surface area contributed by atoms with Gasteiger partial charge in [-0.05, 0) is 25.1 Å². The second-order valence-electron chi connectivity index (χ2n) is 6.72. The summed E-state index contributed by atoms with van der Waals surface area (Å²) >= 11 is 1.32. The van der Waals surface area contributed by atoms with E-state index < -0.39 is 17.2 Å². The van der Waals surface area contributed by atoms with Gasteiger partial charge in [-0.3, -0.25) is 9.48 Å². The molecule has 3 aromatic heterocycles. The van der Waals surface area contributed by atoms with Gasteiger partial charge < -0.3 is 10.3 Å². The summed E-state index contributed by atoms with van der Waals surface area (Å²) in [6, 6.07) is 4.94. The van der Waals surface area contributed by atoms with Crippen molar-refractivity contribution in [1.82, 2.24) is 30.0 Å². The highest BCUT2D eigenvalue weighted by atomic mass is 32.1. The Bertz CT molecular complexity index is 1250. The highest BCUT2D eigenvalue weighted by Gasteiger charge is 2.17. The van der Waals surface area contributed by atoms with Gasteiger partial charge >= 0.3 is 0 Å². The van der Waals surface area contributed by atoms with E-state index in [2.05, 4.69) is 25.4 Å². The molecule has 156 valence electrons. The first-order valence-electron chi connectivity index (χ1n) is 9.13. The molecule has 0 unspecified atom stereocenters. The van der Waals surface area contributed by atoms with Gasteiger partial charge in [-0.1, -0.05) is 0 Å². The monoisotopic (exact) mass is 439 g/mol. The van der Waals surface area contributed by atoms with Crippen molar-refractivity contribution in [3.63, 3.8) is 0 Å². The number of carbonyl (C=O) groups is 1. The van der Waals surface area contributed by atoms with E-state index in [0.717, 1.165) is 12.1 Å². The minimum atomic E-state index is -0.940. The zero-order chi connectivity index (χ0) is 22.0. The van der Waals surface area contributed by atoms with E-state index in [1.54, 1.807) is 35.4 Å². The number of hydrogen-bond acceptors (Lipinski definition) is 6. The Balaban J connectivity index is 1.41. The van der Waals surface area contributed by atoms with Crippen molar-refractivity contribution < 1.29 is 13.6 Å². The van der Waals surface area contributed by atoms with E-state index in [1.165, 1.54) is 23.7 Å². The van der Waals surface area contributed by atoms with Gasteiger partial charge in [0.1, 0.15) is 39.7 Å². The first kappa shape index (κ1) is 20.4. The predicted octanol–water partition coefficient (Wildman–Crippen LogP) is 3.37. The summed E-state index contributed by atoms with van der Waals surface area (Å²) in [5.74, 6) is -2.20. The zero-order valence-electron chi connectivity index (χ0n) is 16.1. The molecular formula is C20H15F2N7OS. The van der Waals surface area contributed by atoms with Crippen molar-refractivity contribution >= 4 is 17.2 Å². The summed E-state index contributed by atoms with van der Waals surface area (Å²) in [5.41, 5.74) is 0.898. The second kappa shape index (κ2) is 8.45. The average molecular weight is 439 g/mol. The number of nitrogens with one attached hydrogen (secondary N) is 2. The maximum atomic E-state index is 13.9. The fourth-order valence-corrected chi connectivity index (χ4v) is 3.71. The Labute approximate surface area is 179 Å². The molecule has 0 aliphatic rings. The highest BCUT2D eigenvalue weighted by molar-refractivity contribution is 7.13. The highest BCUT2D eigenvalue weighted by Crippen LogP contribution is 2.23. The van der Waals surface area contributed by atoms with Crippen molar-refractivity contribution in [2.24, 2.45) is 0 Å². The third kappa shape index (κ3) is 4.34. The Morgan fingerprint density at radius 3 is 2.81 bits per heavy atom. The van der Waals surface area contributed by atoms with Crippen molar-refractivity contribution in [2.45, 2.75) is 19.5 Å². The van der Waals surface area contributed by atoms with Gasteiger partial charge in [0, 0.05) is 29.4 Å². The van der Waals surface area contributed by atoms with Crippen LogP contribution < -0.4 is 5.32 Å². The molecule has 3 heterocycles. The standard InChI is InChI=1S/C20H15F2N7OS/c1-11(26-19(30)18-9-31-20(27-18)17-7-24-10-25-17)8-29-3-2-16(28-29)12-4-14(21)13(6-23)15(22)5-12/h2-5,7,9-11H,8H2,1H3,(H,24,25)(H,26,30)/t11-/m0/s1. The molecule has 0 spiro atoms. The number of thiazole rings is 1. The second-order valence-corrected chi connectivity index (χ2v) is 7.57. The number of halogens is 2. The molecule has 0 aliphatic carbocycles. The Hall–Kier alpha value is -3.91. The molecule has 31 heavy (non-hydrogen) atoms. The molecule has 11 heteroatoms. The van der Waals surface area contributed by atoms with Crippen LogP contribution in [0.15, 0.2) is 42.3 Å². The topological polar surface area (TPSA) is 112 Å². The molecule has 1 aromatic carbocycles. The van der Waals surface area contributed by atoms with Crippen LogP contribution in [-0.2, 0) is 6.54 Å². The molecule has 0 saturated heterocycles. The molecule has 1 atom stereocenters. The fraction of sp³-hybridized carbons (Fsp3) is 0.150. The Kier molecular flexibility index (Phi) is 5.55. The lowest BCUT2D eigenvalue weighted by molar-refractivity contribution is 0.0931. The van der Waals surface area contributed by atoms with Crippen LogP contribution in [0.3, 0.4) is 0 Å². The number of imidazole rings is 1. The molecule has 1 amide bonds. The maximum absolute atomic E-state index is 13.9. The van der Waals surface area contributed by atoms with E-state index in [4.69, 9.17) is 5.26 Å². The Morgan fingerprint density at radius 2 is 2.13 bits per heavy atom. The van der Waals surface area contributed by atoms with Crippen molar-refractivity contribution in [3.05, 3.63) is 65.2 Å². The first-order chi connectivity index (χ1) is 14.9. The number of aromatic nitrogens is 5. The summed E-state index contributed by atoms with van der Waals surface area (Å²) in [7, 11) is 0. The summed E-state index contributed by atoms with van der Waals surface area (Å²) in [6.07, 6.45) is 4.88. The zero-order valence-corrected chi connectivity index (χ0v) is 17.0. The largest absolute Gasteiger partial charge is 0.350 e. The van der Waals surface area contributed by atoms with Crippen molar-refractivity contribution in [3.8, 4) is 28.0 Å². The smallest absolute Gasteiger partial charge is 0.271 e. The molecule has 0 fully saturated rings. The number of aromatic amines is 1. The third-order valence-electron chi connectivity index (χ3n) is 4.38. The minimum Gasteiger partial charge on any atom is -0.350 e. The minimum absolute atomic E-state index is 0.220. The quantitative estimate of drug-likeness (QED) is 0.478. The molecule has 0 saturated carbocycles. The van der Waals surface area contributed by atoms with Crippen molar-refractivity contribution in [1.29, 1.82) is 5.26 Å². The number of nitrogens with zero attached hydrogens (tertiary/aromatic N) is 5. The lowest BCUT2D eigenvalue weighted by atomic mass is 10.1. The number of hydrogen-bond donors (Lipinski definition) is 2. The lowest BCUT2D eigenvalue weighted by Crippen LogP contribution is -2.36. The number of carbonyl (C=O) groups excluding carboxylic acids is 1. The molecule has 0 aliphatic heterocycles. The molecule has 4 rings (SSSR count). The first-order valence-corrected chi connectivity index (χ1v) is 10.0. The summed E-state index contributed by atoms with van der Waals surface area (Å²) in [5, 5.41) is 18.2. The number of amides is 1. The summed E-state index contributed by atoms with van der Waals surface area (Å²) < 4.78 is 29.3. The lowest BCUT2D eigenvalue weighted by Gasteiger charge is -2.13. The van der Waals surface area contributed by atoms with Gasteiger partial charge in [0.15, 0.2) is 0 Å².